The van der Waals surface area contributed by atoms with E-state index in [1.807, 2.05) is 12.1 Å². The van der Waals surface area contributed by atoms with Crippen molar-refractivity contribution >= 4 is 72.2 Å². The molecule has 2 atom stereocenters. The number of fused-ring (bicyclic) bond motifs is 2. The predicted molar refractivity (Wildman–Crippen MR) is 168 cm³/mol. The molecule has 2 aromatic carbocycles. The minimum atomic E-state index is -1.08. The normalized spacial score (nSPS) is 12.7. The molecule has 0 aliphatic heterocycles. The summed E-state index contributed by atoms with van der Waals surface area (Å²) in [7, 11) is 2.90. The van der Waals surface area contributed by atoms with E-state index < -0.39 is 29.6 Å². The van der Waals surface area contributed by atoms with Crippen molar-refractivity contribution in [1.29, 1.82) is 0 Å². The molecule has 236 valence electrons. The molecule has 0 aliphatic carbocycles. The second kappa shape index (κ2) is 14.4. The zero-order valence-electron chi connectivity index (χ0n) is 24.5. The maximum atomic E-state index is 15.5. The van der Waals surface area contributed by atoms with Gasteiger partial charge in [0.25, 0.3) is 0 Å². The topological polar surface area (TPSA) is 129 Å². The van der Waals surface area contributed by atoms with Crippen LogP contribution in [0.25, 0.3) is 20.2 Å². The van der Waals surface area contributed by atoms with E-state index in [1.165, 1.54) is 38.5 Å². The summed E-state index contributed by atoms with van der Waals surface area (Å²) in [4.78, 5) is 36.1. The molecule has 0 amide bonds. The van der Waals surface area contributed by atoms with E-state index in [4.69, 9.17) is 40.8 Å². The molecule has 0 saturated carbocycles. The molecule has 4 rings (SSSR count). The molecule has 0 bridgehead atoms. The summed E-state index contributed by atoms with van der Waals surface area (Å²) >= 11 is 9.29. The number of aliphatic carboxylic acids is 2. The number of Topliss-reactive ketones (excluding diaryl/α,β-unsaturated/α-hetero) is 1. The van der Waals surface area contributed by atoms with Crippen molar-refractivity contribution < 1.29 is 47.9 Å². The number of rotatable bonds is 16. The van der Waals surface area contributed by atoms with Crippen molar-refractivity contribution in [2.75, 3.05) is 27.4 Å². The van der Waals surface area contributed by atoms with Gasteiger partial charge in [0.15, 0.2) is 34.6 Å². The molecular weight excluding hydrogens is 635 g/mol. The first-order valence-corrected chi connectivity index (χ1v) is 15.8. The molecule has 44 heavy (non-hydrogen) atoms. The Morgan fingerprint density at radius 3 is 2.07 bits per heavy atom. The van der Waals surface area contributed by atoms with Crippen LogP contribution in [-0.2, 0) is 16.0 Å². The zero-order valence-corrected chi connectivity index (χ0v) is 26.9. The summed E-state index contributed by atoms with van der Waals surface area (Å²) in [5.74, 6) is -3.39. The van der Waals surface area contributed by atoms with E-state index in [0.29, 0.717) is 40.5 Å². The van der Waals surface area contributed by atoms with Crippen molar-refractivity contribution in [3.8, 4) is 23.0 Å². The monoisotopic (exact) mass is 666 g/mol. The molecular formula is C31H32ClFO9S2. The van der Waals surface area contributed by atoms with Crippen molar-refractivity contribution in [2.24, 2.45) is 11.8 Å². The molecule has 13 heteroatoms. The van der Waals surface area contributed by atoms with Gasteiger partial charge in [0.2, 0.25) is 0 Å². The van der Waals surface area contributed by atoms with Gasteiger partial charge in [-0.3, -0.25) is 14.4 Å². The molecule has 0 spiro atoms. The standard InChI is InChI=1S/C31H32ClFO9S2/c1-15(30(35)36)6-7-17-11-18-23(43-17)13-21(39-3)28(26(18)32)41-8-5-9-42-29-22(40-4)14-24-19(27(29)33)12-25(44-24)20(34)10-16(2)31(37)38/h11-16H,5-10H2,1-4H3,(H,35,36)(H,37,38). The lowest BCUT2D eigenvalue weighted by molar-refractivity contribution is -0.142. The van der Waals surface area contributed by atoms with Crippen LogP contribution in [0.3, 0.4) is 0 Å². The van der Waals surface area contributed by atoms with Crippen molar-refractivity contribution in [3.05, 3.63) is 44.9 Å². The number of carboxylic acids is 2. The van der Waals surface area contributed by atoms with E-state index in [9.17, 15) is 14.4 Å². The van der Waals surface area contributed by atoms with E-state index in [2.05, 4.69) is 0 Å². The number of ketones is 1. The fraction of sp³-hybridized carbons (Fsp3) is 0.387. The third-order valence-corrected chi connectivity index (χ3v) is 9.71. The van der Waals surface area contributed by atoms with Crippen LogP contribution >= 0.6 is 34.3 Å². The quantitative estimate of drug-likeness (QED) is 0.0912. The van der Waals surface area contributed by atoms with Crippen LogP contribution in [0.5, 0.6) is 23.0 Å². The van der Waals surface area contributed by atoms with Crippen molar-refractivity contribution in [1.82, 2.24) is 0 Å². The molecule has 4 aromatic rings. The van der Waals surface area contributed by atoms with Gasteiger partial charge in [0.1, 0.15) is 0 Å². The largest absolute Gasteiger partial charge is 0.493 e. The number of hydrogen-bond donors (Lipinski definition) is 2. The smallest absolute Gasteiger partial charge is 0.306 e. The zero-order chi connectivity index (χ0) is 32.1. The van der Waals surface area contributed by atoms with Crippen LogP contribution in [0.15, 0.2) is 24.3 Å². The van der Waals surface area contributed by atoms with Gasteiger partial charge in [-0.2, -0.15) is 0 Å². The van der Waals surface area contributed by atoms with Gasteiger partial charge in [-0.25, -0.2) is 4.39 Å². The SMILES string of the molecule is COc1cc2sc(C(=O)CC(C)C(=O)O)cc2c(F)c1OCCCOc1c(OC)cc2sc(CCC(C)C(=O)O)cc2c1Cl. The Labute approximate surface area is 266 Å². The summed E-state index contributed by atoms with van der Waals surface area (Å²) in [6, 6.07) is 6.77. The summed E-state index contributed by atoms with van der Waals surface area (Å²) in [5, 5.41) is 19.6. The minimum Gasteiger partial charge on any atom is -0.493 e. The number of halogens is 2. The Hall–Kier alpha value is -3.61. The van der Waals surface area contributed by atoms with Crippen molar-refractivity contribution in [2.45, 2.75) is 39.5 Å². The van der Waals surface area contributed by atoms with E-state index in [1.54, 1.807) is 13.0 Å². The van der Waals surface area contributed by atoms with E-state index in [-0.39, 0.29) is 47.2 Å². The van der Waals surface area contributed by atoms with Crippen molar-refractivity contribution in [3.63, 3.8) is 0 Å². The number of ether oxygens (including phenoxy) is 4. The maximum Gasteiger partial charge on any atom is 0.306 e. The van der Waals surface area contributed by atoms with Crippen LogP contribution < -0.4 is 18.9 Å². The lowest BCUT2D eigenvalue weighted by atomic mass is 10.0. The number of aryl methyl sites for hydroxylation is 1. The highest BCUT2D eigenvalue weighted by molar-refractivity contribution is 7.21. The van der Waals surface area contributed by atoms with Gasteiger partial charge in [-0.05, 0) is 25.0 Å². The van der Waals surface area contributed by atoms with Gasteiger partial charge >= 0.3 is 11.9 Å². The molecule has 0 fully saturated rings. The summed E-state index contributed by atoms with van der Waals surface area (Å²) in [6.07, 6.45) is 1.29. The summed E-state index contributed by atoms with van der Waals surface area (Å²) < 4.78 is 39.4. The molecule has 0 saturated heterocycles. The van der Waals surface area contributed by atoms with Crippen LogP contribution in [0, 0.1) is 17.7 Å². The fourth-order valence-electron chi connectivity index (χ4n) is 4.44. The van der Waals surface area contributed by atoms with Crippen LogP contribution in [0.2, 0.25) is 5.02 Å². The molecule has 2 aromatic heterocycles. The molecule has 2 heterocycles. The Kier molecular flexibility index (Phi) is 10.9. The Morgan fingerprint density at radius 1 is 0.864 bits per heavy atom. The lowest BCUT2D eigenvalue weighted by Gasteiger charge is -2.14. The third-order valence-electron chi connectivity index (χ3n) is 7.07. The number of hydrogen-bond acceptors (Lipinski definition) is 9. The van der Waals surface area contributed by atoms with Crippen LogP contribution in [0.4, 0.5) is 4.39 Å². The minimum absolute atomic E-state index is 0.0807. The first-order chi connectivity index (χ1) is 20.9. The van der Waals surface area contributed by atoms with E-state index in [0.717, 1.165) is 26.3 Å². The van der Waals surface area contributed by atoms with E-state index >= 15 is 4.39 Å². The first-order valence-electron chi connectivity index (χ1n) is 13.8. The van der Waals surface area contributed by atoms with Gasteiger partial charge in [-0.1, -0.05) is 25.4 Å². The molecule has 2 unspecified atom stereocenters. The fourth-order valence-corrected chi connectivity index (χ4v) is 6.95. The first kappa shape index (κ1) is 33.3. The second-order valence-corrected chi connectivity index (χ2v) is 12.9. The molecule has 0 aliphatic rings. The highest BCUT2D eigenvalue weighted by atomic mass is 35.5. The lowest BCUT2D eigenvalue weighted by Crippen LogP contribution is -2.13. The molecule has 9 nitrogen and oxygen atoms in total. The second-order valence-electron chi connectivity index (χ2n) is 10.3. The third kappa shape index (κ3) is 7.36. The Bertz CT molecular complexity index is 1700. The number of carboxylic acid groups (broad SMARTS) is 2. The van der Waals surface area contributed by atoms with Gasteiger partial charge in [-0.15, -0.1) is 22.7 Å². The summed E-state index contributed by atoms with van der Waals surface area (Å²) in [6.45, 7) is 3.38. The number of methoxy groups -OCH3 is 2. The highest BCUT2D eigenvalue weighted by Gasteiger charge is 2.23. The van der Waals surface area contributed by atoms with Gasteiger partial charge in [0.05, 0.1) is 49.2 Å². The molecule has 0 radical (unpaired) electrons. The maximum absolute atomic E-state index is 15.5. The molecule has 2 N–H and O–H groups in total. The van der Waals surface area contributed by atoms with Crippen LogP contribution in [-0.4, -0.2) is 55.4 Å². The predicted octanol–water partition coefficient (Wildman–Crippen LogP) is 7.72. The number of thiophene rings is 2. The summed E-state index contributed by atoms with van der Waals surface area (Å²) in [5.41, 5.74) is 0. The number of carbonyl (C=O) groups is 3. The Balaban J connectivity index is 1.42. The Morgan fingerprint density at radius 2 is 1.45 bits per heavy atom. The highest BCUT2D eigenvalue weighted by Crippen LogP contribution is 2.45. The average Bonchev–Trinajstić information content (AvgIpc) is 3.61. The number of benzene rings is 2. The van der Waals surface area contributed by atoms with Gasteiger partial charge in [0, 0.05) is 50.0 Å². The van der Waals surface area contributed by atoms with Crippen LogP contribution in [0.1, 0.15) is 47.7 Å². The average molecular weight is 667 g/mol. The number of carbonyl (C=O) groups excluding carboxylic acids is 1. The van der Waals surface area contributed by atoms with Gasteiger partial charge < -0.3 is 29.2 Å².